The van der Waals surface area contributed by atoms with E-state index in [0.717, 1.165) is 0 Å². The third-order valence-electron chi connectivity index (χ3n) is 0. The van der Waals surface area contributed by atoms with Gasteiger partial charge in [0.2, 0.25) is 0 Å². The van der Waals surface area contributed by atoms with Crippen LogP contribution < -0.4 is 0 Å². The monoisotopic (exact) mass is 134 g/mol. The number of hydrogen-bond donors (Lipinski definition) is 0. The molecule has 5 heteroatoms. The van der Waals surface area contributed by atoms with Crippen LogP contribution in [-0.4, -0.2) is 10.4 Å². The van der Waals surface area contributed by atoms with Crippen molar-refractivity contribution in [3.05, 3.63) is 0 Å². The van der Waals surface area contributed by atoms with Crippen LogP contribution in [0.15, 0.2) is 0 Å². The molecule has 0 bridgehead atoms. The smallest absolute Gasteiger partial charge is 0.412 e. The van der Waals surface area contributed by atoms with Gasteiger partial charge in [-0.3, -0.25) is 0 Å². The third kappa shape index (κ3) is 51.2. The maximum absolute atomic E-state index is 4.81. The number of hydrogen-bond acceptors (Lipinski definition) is 0. The fourth-order valence-corrected chi connectivity index (χ4v) is 0. The summed E-state index contributed by atoms with van der Waals surface area (Å²) >= 11 is 14.4. The molecule has 0 saturated heterocycles. The van der Waals surface area contributed by atoms with Crippen LogP contribution in [0.25, 0.3) is 0 Å². The first kappa shape index (κ1) is 9.31. The SMILES string of the molecule is ClB(Cl)Cl.O. The maximum Gasteiger partial charge on any atom is 0.450 e. The van der Waals surface area contributed by atoms with Crippen molar-refractivity contribution in [1.29, 1.82) is 0 Å². The summed E-state index contributed by atoms with van der Waals surface area (Å²) in [5.74, 6) is 0. The van der Waals surface area contributed by atoms with E-state index < -0.39 is 4.96 Å². The fourth-order valence-electron chi connectivity index (χ4n) is 0. The Morgan fingerprint density at radius 1 is 1.00 bits per heavy atom. The van der Waals surface area contributed by atoms with Gasteiger partial charge in [-0.1, -0.05) is 0 Å². The second-order valence-electron chi connectivity index (χ2n) is 0.247. The summed E-state index contributed by atoms with van der Waals surface area (Å²) in [5, 5.41) is 0. The van der Waals surface area contributed by atoms with Gasteiger partial charge in [-0.05, 0) is 0 Å². The van der Waals surface area contributed by atoms with E-state index >= 15 is 0 Å². The summed E-state index contributed by atoms with van der Waals surface area (Å²) in [5.41, 5.74) is 0. The summed E-state index contributed by atoms with van der Waals surface area (Å²) in [6, 6.07) is 0. The van der Waals surface area contributed by atoms with Crippen LogP contribution in [0.4, 0.5) is 0 Å². The van der Waals surface area contributed by atoms with Gasteiger partial charge in [0, 0.05) is 0 Å². The van der Waals surface area contributed by atoms with Gasteiger partial charge in [0.15, 0.2) is 0 Å². The molecule has 0 saturated carbocycles. The second-order valence-corrected chi connectivity index (χ2v) is 2.23. The third-order valence-corrected chi connectivity index (χ3v) is 0. The first-order chi connectivity index (χ1) is 1.73. The molecule has 5 heavy (non-hydrogen) atoms. The van der Waals surface area contributed by atoms with E-state index in [1.165, 1.54) is 0 Å². The van der Waals surface area contributed by atoms with Crippen molar-refractivity contribution in [1.82, 2.24) is 0 Å². The van der Waals surface area contributed by atoms with Gasteiger partial charge < -0.3 is 5.48 Å². The Bertz CT molecular complexity index is 11.6. The summed E-state index contributed by atoms with van der Waals surface area (Å²) in [6.45, 7) is 0. The minimum Gasteiger partial charge on any atom is -0.412 e. The minimum atomic E-state index is -0.750. The van der Waals surface area contributed by atoms with E-state index in [9.17, 15) is 0 Å². The Labute approximate surface area is 45.3 Å². The first-order valence-corrected chi connectivity index (χ1v) is 1.96. The van der Waals surface area contributed by atoms with E-state index in [0.29, 0.717) is 0 Å². The molecule has 0 aliphatic carbocycles. The molecule has 0 unspecified atom stereocenters. The van der Waals surface area contributed by atoms with Crippen LogP contribution in [-0.2, 0) is 0 Å². The van der Waals surface area contributed by atoms with Crippen molar-refractivity contribution in [3.63, 3.8) is 0 Å². The lowest BCUT2D eigenvalue weighted by atomic mass is 10.7. The molecule has 0 spiro atoms. The lowest BCUT2D eigenvalue weighted by Gasteiger charge is -1.61. The lowest BCUT2D eigenvalue weighted by Crippen LogP contribution is -1.66. The molecular formula is H2BCl3O. The summed E-state index contributed by atoms with van der Waals surface area (Å²) in [7, 11) is 0. The van der Waals surface area contributed by atoms with E-state index in [1.54, 1.807) is 0 Å². The minimum absolute atomic E-state index is 0. The van der Waals surface area contributed by atoms with Crippen LogP contribution in [0.5, 0.6) is 0 Å². The van der Waals surface area contributed by atoms with Gasteiger partial charge in [-0.25, -0.2) is 0 Å². The molecule has 0 rings (SSSR count). The zero-order valence-corrected chi connectivity index (χ0v) is 4.48. The summed E-state index contributed by atoms with van der Waals surface area (Å²) < 4.78 is 0. The molecule has 0 aliphatic heterocycles. The van der Waals surface area contributed by atoms with E-state index in [2.05, 4.69) is 0 Å². The van der Waals surface area contributed by atoms with Gasteiger partial charge in [0.05, 0.1) is 0 Å². The van der Waals surface area contributed by atoms with Crippen molar-refractivity contribution >= 4 is 39.3 Å². The molecule has 0 aliphatic rings. The summed E-state index contributed by atoms with van der Waals surface area (Å²) in [6.07, 6.45) is 0. The molecule has 0 radical (unpaired) electrons. The van der Waals surface area contributed by atoms with E-state index in [-0.39, 0.29) is 5.48 Å². The van der Waals surface area contributed by atoms with Crippen molar-refractivity contribution < 1.29 is 5.48 Å². The van der Waals surface area contributed by atoms with Gasteiger partial charge >= 0.3 is 4.96 Å². The quantitative estimate of drug-likeness (QED) is 0.441. The van der Waals surface area contributed by atoms with Gasteiger partial charge in [-0.2, -0.15) is 34.4 Å². The Morgan fingerprint density at radius 2 is 1.00 bits per heavy atom. The highest BCUT2D eigenvalue weighted by molar-refractivity contribution is 7.54. The normalized spacial score (nSPS) is 5.40. The highest BCUT2D eigenvalue weighted by Crippen LogP contribution is 1.97. The molecule has 0 atom stereocenters. The average molecular weight is 135 g/mol. The van der Waals surface area contributed by atoms with Crippen LogP contribution in [0.1, 0.15) is 0 Å². The largest absolute Gasteiger partial charge is 0.450 e. The zero-order chi connectivity index (χ0) is 3.58. The summed E-state index contributed by atoms with van der Waals surface area (Å²) in [4.78, 5) is -0.750. The molecule has 0 aromatic heterocycles. The van der Waals surface area contributed by atoms with Crippen LogP contribution >= 0.6 is 34.4 Å². The highest BCUT2D eigenvalue weighted by atomic mass is 35.6. The standard InChI is InChI=1S/BCl3.H2O/c2-1(3)4;/h;1H2. The van der Waals surface area contributed by atoms with Crippen molar-refractivity contribution in [3.8, 4) is 0 Å². The first-order valence-electron chi connectivity index (χ1n) is 0.655. The highest BCUT2D eigenvalue weighted by Gasteiger charge is 1.91. The van der Waals surface area contributed by atoms with Gasteiger partial charge in [-0.15, -0.1) is 0 Å². The molecule has 0 aromatic carbocycles. The Hall–Kier alpha value is 0.895. The molecule has 32 valence electrons. The molecule has 0 fully saturated rings. The van der Waals surface area contributed by atoms with Crippen molar-refractivity contribution in [2.75, 3.05) is 0 Å². The molecule has 0 aromatic rings. The molecular weight excluding hydrogens is 133 g/mol. The van der Waals surface area contributed by atoms with Gasteiger partial charge in [0.1, 0.15) is 0 Å². The maximum atomic E-state index is 4.81. The van der Waals surface area contributed by atoms with Crippen molar-refractivity contribution in [2.45, 2.75) is 0 Å². The molecule has 0 heterocycles. The molecule has 1 nitrogen and oxygen atoms in total. The Morgan fingerprint density at radius 3 is 1.00 bits per heavy atom. The van der Waals surface area contributed by atoms with Crippen LogP contribution in [0.2, 0.25) is 0 Å². The second kappa shape index (κ2) is 4.89. The fraction of sp³-hybridized carbons (Fsp3) is 0. The Balaban J connectivity index is 0. The van der Waals surface area contributed by atoms with E-state index in [1.807, 2.05) is 0 Å². The number of rotatable bonds is 0. The Kier molecular flexibility index (Phi) is 9.11. The van der Waals surface area contributed by atoms with Crippen molar-refractivity contribution in [2.24, 2.45) is 0 Å². The topological polar surface area (TPSA) is 31.5 Å². The van der Waals surface area contributed by atoms with E-state index in [4.69, 9.17) is 34.4 Å². The predicted octanol–water partition coefficient (Wildman–Crippen LogP) is 0.863. The van der Waals surface area contributed by atoms with Gasteiger partial charge in [0.25, 0.3) is 0 Å². The molecule has 2 N–H and O–H groups in total. The molecule has 0 amide bonds. The predicted molar refractivity (Wildman–Crippen MR) is 26.9 cm³/mol. The average Bonchev–Trinajstić information content (AvgIpc) is 0.811. The van der Waals surface area contributed by atoms with Crippen LogP contribution in [0, 0.1) is 0 Å². The lowest BCUT2D eigenvalue weighted by molar-refractivity contribution is 0.824. The number of halogens is 3. The zero-order valence-electron chi connectivity index (χ0n) is 2.21. The van der Waals surface area contributed by atoms with Crippen LogP contribution in [0.3, 0.4) is 0 Å².